The molecule has 3 aliphatic rings. The fraction of sp³-hybridized carbons (Fsp3) is 0.348. The highest BCUT2D eigenvalue weighted by Crippen LogP contribution is 2.41. The zero-order chi connectivity index (χ0) is 20.9. The van der Waals surface area contributed by atoms with E-state index in [4.69, 9.17) is 14.5 Å². The van der Waals surface area contributed by atoms with E-state index in [2.05, 4.69) is 5.32 Å². The van der Waals surface area contributed by atoms with Gasteiger partial charge in [0.15, 0.2) is 11.5 Å². The molecule has 2 aromatic carbocycles. The predicted octanol–water partition coefficient (Wildman–Crippen LogP) is 3.62. The molecule has 0 bridgehead atoms. The van der Waals surface area contributed by atoms with Gasteiger partial charge in [0, 0.05) is 17.8 Å². The molecule has 0 radical (unpaired) electrons. The van der Waals surface area contributed by atoms with Crippen molar-refractivity contribution >= 4 is 34.5 Å². The van der Waals surface area contributed by atoms with E-state index in [1.54, 1.807) is 18.2 Å². The number of nitrogens with zero attached hydrogens (tertiary/aromatic N) is 3. The molecule has 2 aliphatic heterocycles. The number of hydrogen-bond acceptors (Lipinski definition) is 5. The Morgan fingerprint density at radius 2 is 1.90 bits per heavy atom. The third-order valence-corrected chi connectivity index (χ3v) is 6.35. The van der Waals surface area contributed by atoms with Crippen LogP contribution < -0.4 is 19.7 Å². The molecular weight excluding hydrogens is 396 g/mol. The van der Waals surface area contributed by atoms with Gasteiger partial charge >= 0.3 is 0 Å². The number of para-hydroxylation sites is 2. The SMILES string of the molecule is O=C(C[C@H]1C(=O)N(C2CCCC2)c2nc3ccccc3n21)Nc1ccc2c(c1)OCO2. The van der Waals surface area contributed by atoms with Crippen LogP contribution in [0.2, 0.25) is 0 Å². The number of fused-ring (bicyclic) bond motifs is 4. The molecule has 3 aromatic rings. The topological polar surface area (TPSA) is 85.7 Å². The zero-order valence-corrected chi connectivity index (χ0v) is 16.9. The summed E-state index contributed by atoms with van der Waals surface area (Å²) >= 11 is 0. The summed E-state index contributed by atoms with van der Waals surface area (Å²) in [4.78, 5) is 33.0. The van der Waals surface area contributed by atoms with Gasteiger partial charge in [-0.25, -0.2) is 4.98 Å². The Bertz CT molecular complexity index is 1200. The lowest BCUT2D eigenvalue weighted by Crippen LogP contribution is -2.38. The van der Waals surface area contributed by atoms with Crippen LogP contribution >= 0.6 is 0 Å². The van der Waals surface area contributed by atoms with Gasteiger partial charge in [0.1, 0.15) is 6.04 Å². The lowest BCUT2D eigenvalue weighted by atomic mass is 10.1. The number of carbonyl (C=O) groups excluding carboxylic acids is 2. The van der Waals surface area contributed by atoms with Crippen molar-refractivity contribution in [2.24, 2.45) is 0 Å². The van der Waals surface area contributed by atoms with E-state index in [1.165, 1.54) is 0 Å². The molecule has 1 aliphatic carbocycles. The molecule has 6 rings (SSSR count). The second-order valence-electron chi connectivity index (χ2n) is 8.25. The summed E-state index contributed by atoms with van der Waals surface area (Å²) in [7, 11) is 0. The average Bonchev–Trinajstić information content (AvgIpc) is 3.54. The van der Waals surface area contributed by atoms with Crippen LogP contribution in [0.1, 0.15) is 38.1 Å². The second kappa shape index (κ2) is 7.01. The monoisotopic (exact) mass is 418 g/mol. The summed E-state index contributed by atoms with van der Waals surface area (Å²) in [5.41, 5.74) is 2.34. The Morgan fingerprint density at radius 3 is 2.77 bits per heavy atom. The Balaban J connectivity index is 1.30. The van der Waals surface area contributed by atoms with Crippen molar-refractivity contribution in [3.8, 4) is 11.5 Å². The van der Waals surface area contributed by atoms with Gasteiger partial charge in [0.05, 0.1) is 17.5 Å². The number of aromatic nitrogens is 2. The summed E-state index contributed by atoms with van der Waals surface area (Å²) in [5.74, 6) is 1.66. The molecule has 8 nitrogen and oxygen atoms in total. The van der Waals surface area contributed by atoms with Crippen molar-refractivity contribution in [3.63, 3.8) is 0 Å². The fourth-order valence-corrected chi connectivity index (χ4v) is 4.92. The minimum absolute atomic E-state index is 0.0408. The van der Waals surface area contributed by atoms with E-state index in [1.807, 2.05) is 33.7 Å². The van der Waals surface area contributed by atoms with E-state index < -0.39 is 6.04 Å². The molecule has 0 unspecified atom stereocenters. The molecule has 158 valence electrons. The highest BCUT2D eigenvalue weighted by Gasteiger charge is 2.44. The number of hydrogen-bond donors (Lipinski definition) is 1. The van der Waals surface area contributed by atoms with Gasteiger partial charge in [-0.15, -0.1) is 0 Å². The quantitative estimate of drug-likeness (QED) is 0.699. The summed E-state index contributed by atoms with van der Waals surface area (Å²) < 4.78 is 12.6. The van der Waals surface area contributed by atoms with Crippen molar-refractivity contribution in [3.05, 3.63) is 42.5 Å². The number of ether oxygens (including phenoxy) is 2. The van der Waals surface area contributed by atoms with Crippen molar-refractivity contribution in [2.75, 3.05) is 17.0 Å². The normalized spacial score (nSPS) is 19.9. The number of nitrogens with one attached hydrogen (secondary N) is 1. The number of carbonyl (C=O) groups is 2. The van der Waals surface area contributed by atoms with E-state index >= 15 is 0 Å². The number of anilines is 2. The lowest BCUT2D eigenvalue weighted by molar-refractivity contribution is -0.125. The maximum atomic E-state index is 13.4. The Labute approximate surface area is 178 Å². The number of imidazole rings is 1. The first-order valence-electron chi connectivity index (χ1n) is 10.7. The highest BCUT2D eigenvalue weighted by atomic mass is 16.7. The molecular formula is C23H22N4O4. The van der Waals surface area contributed by atoms with Gasteiger partial charge in [-0.2, -0.15) is 0 Å². The van der Waals surface area contributed by atoms with Crippen LogP contribution in [0.25, 0.3) is 11.0 Å². The molecule has 3 heterocycles. The number of rotatable bonds is 4. The summed E-state index contributed by atoms with van der Waals surface area (Å²) in [6, 6.07) is 12.6. The summed E-state index contributed by atoms with van der Waals surface area (Å²) in [5, 5.41) is 2.90. The van der Waals surface area contributed by atoms with Crippen molar-refractivity contribution in [1.29, 1.82) is 0 Å². The van der Waals surface area contributed by atoms with Crippen LogP contribution in [0.5, 0.6) is 11.5 Å². The van der Waals surface area contributed by atoms with Crippen LogP contribution in [0.4, 0.5) is 11.6 Å². The van der Waals surface area contributed by atoms with E-state index in [9.17, 15) is 9.59 Å². The van der Waals surface area contributed by atoms with Crippen LogP contribution in [0, 0.1) is 0 Å². The van der Waals surface area contributed by atoms with Crippen LogP contribution in [0.15, 0.2) is 42.5 Å². The van der Waals surface area contributed by atoms with Crippen LogP contribution in [-0.2, 0) is 9.59 Å². The lowest BCUT2D eigenvalue weighted by Gasteiger charge is -2.22. The van der Waals surface area contributed by atoms with Crippen molar-refractivity contribution in [2.45, 2.75) is 44.2 Å². The predicted molar refractivity (Wildman–Crippen MR) is 114 cm³/mol. The number of benzene rings is 2. The molecule has 1 N–H and O–H groups in total. The number of amides is 2. The van der Waals surface area contributed by atoms with Gasteiger partial charge in [0.25, 0.3) is 5.91 Å². The third kappa shape index (κ3) is 2.93. The van der Waals surface area contributed by atoms with E-state index in [-0.39, 0.29) is 31.1 Å². The smallest absolute Gasteiger partial charge is 0.253 e. The van der Waals surface area contributed by atoms with Gasteiger partial charge in [0.2, 0.25) is 18.6 Å². The summed E-state index contributed by atoms with van der Waals surface area (Å²) in [6.45, 7) is 0.177. The fourth-order valence-electron chi connectivity index (χ4n) is 4.92. The maximum absolute atomic E-state index is 13.4. The van der Waals surface area contributed by atoms with E-state index in [0.29, 0.717) is 23.1 Å². The first-order chi connectivity index (χ1) is 15.2. The molecule has 8 heteroatoms. The maximum Gasteiger partial charge on any atom is 0.253 e. The first-order valence-corrected chi connectivity index (χ1v) is 10.7. The Hall–Kier alpha value is -3.55. The average molecular weight is 418 g/mol. The molecule has 1 atom stereocenters. The highest BCUT2D eigenvalue weighted by molar-refractivity contribution is 6.05. The molecule has 0 saturated heterocycles. The molecule has 2 amide bonds. The van der Waals surface area contributed by atoms with Crippen LogP contribution in [0.3, 0.4) is 0 Å². The van der Waals surface area contributed by atoms with Gasteiger partial charge in [-0.1, -0.05) is 25.0 Å². The zero-order valence-electron chi connectivity index (χ0n) is 16.9. The Morgan fingerprint density at radius 1 is 1.10 bits per heavy atom. The second-order valence-corrected chi connectivity index (χ2v) is 8.25. The minimum atomic E-state index is -0.600. The summed E-state index contributed by atoms with van der Waals surface area (Å²) in [6.07, 6.45) is 4.23. The third-order valence-electron chi connectivity index (χ3n) is 6.35. The van der Waals surface area contributed by atoms with Crippen molar-refractivity contribution < 1.29 is 19.1 Å². The van der Waals surface area contributed by atoms with Gasteiger partial charge in [-0.3, -0.25) is 19.1 Å². The van der Waals surface area contributed by atoms with Crippen molar-refractivity contribution in [1.82, 2.24) is 9.55 Å². The molecule has 1 saturated carbocycles. The minimum Gasteiger partial charge on any atom is -0.454 e. The first kappa shape index (κ1) is 18.2. The van der Waals surface area contributed by atoms with E-state index in [0.717, 1.165) is 36.7 Å². The van der Waals surface area contributed by atoms with Gasteiger partial charge < -0.3 is 14.8 Å². The molecule has 1 aromatic heterocycles. The Kier molecular flexibility index (Phi) is 4.12. The van der Waals surface area contributed by atoms with Crippen LogP contribution in [-0.4, -0.2) is 34.2 Å². The standard InChI is InChI=1S/C23H22N4O4/c28-21(24-14-9-10-19-20(11-14)31-13-30-19)12-18-22(29)26(15-5-1-2-6-15)23-25-16-7-3-4-8-17(16)27(18)23/h3-4,7-11,15,18H,1-2,5-6,12-13H2,(H,24,28)/t18-/m0/s1. The molecule has 1 fully saturated rings. The largest absolute Gasteiger partial charge is 0.454 e. The molecule has 0 spiro atoms. The van der Waals surface area contributed by atoms with Gasteiger partial charge in [-0.05, 0) is 37.1 Å². The molecule has 31 heavy (non-hydrogen) atoms.